The first-order valence-electron chi connectivity index (χ1n) is 12.3. The van der Waals surface area contributed by atoms with Crippen LogP contribution in [-0.2, 0) is 12.8 Å². The Balaban J connectivity index is 1.23. The number of fused-ring (bicyclic) bond motifs is 3. The molecule has 1 aliphatic heterocycles. The second-order valence-corrected chi connectivity index (χ2v) is 9.24. The summed E-state index contributed by atoms with van der Waals surface area (Å²) in [6, 6.07) is 16.4. The highest BCUT2D eigenvalue weighted by atomic mass is 16.5. The van der Waals surface area contributed by atoms with E-state index < -0.39 is 0 Å². The average Bonchev–Trinajstić information content (AvgIpc) is 3.33. The maximum Gasteiger partial charge on any atom is 0.257 e. The van der Waals surface area contributed by atoms with Gasteiger partial charge < -0.3 is 14.5 Å². The predicted octanol–water partition coefficient (Wildman–Crippen LogP) is 3.71. The van der Waals surface area contributed by atoms with Gasteiger partial charge in [-0.3, -0.25) is 4.79 Å². The quantitative estimate of drug-likeness (QED) is 0.443. The van der Waals surface area contributed by atoms with Crippen LogP contribution in [0, 0.1) is 6.92 Å². The van der Waals surface area contributed by atoms with Crippen LogP contribution in [0.2, 0.25) is 0 Å². The molecule has 0 unspecified atom stereocenters. The van der Waals surface area contributed by atoms with Crippen molar-refractivity contribution >= 4 is 11.6 Å². The number of methoxy groups -OCH3 is 1. The van der Waals surface area contributed by atoms with Crippen LogP contribution in [0.1, 0.15) is 27.2 Å². The summed E-state index contributed by atoms with van der Waals surface area (Å²) in [5.74, 6) is 1.33. The van der Waals surface area contributed by atoms with E-state index in [4.69, 9.17) is 9.72 Å². The van der Waals surface area contributed by atoms with E-state index in [2.05, 4.69) is 39.2 Å². The number of anilines is 1. The van der Waals surface area contributed by atoms with Crippen LogP contribution in [0.15, 0.2) is 60.9 Å². The van der Waals surface area contributed by atoms with Crippen LogP contribution in [0.4, 0.5) is 5.69 Å². The standard InChI is InChI=1S/C28H28N6O2/c1-19-25(27(35)33-14-12-32(13-15-33)22-6-4-3-5-7-22)18-30-34(19)28-29-17-21-9-8-20-16-23(36-2)10-11-24(20)26(21)31-28/h3-7,10-11,16-18H,8-9,12-15H2,1-2H3. The number of hydrogen-bond donors (Lipinski definition) is 0. The molecule has 6 rings (SSSR count). The smallest absolute Gasteiger partial charge is 0.257 e. The van der Waals surface area contributed by atoms with Crippen LogP contribution < -0.4 is 9.64 Å². The van der Waals surface area contributed by atoms with Gasteiger partial charge in [-0.1, -0.05) is 18.2 Å². The van der Waals surface area contributed by atoms with Gasteiger partial charge in [0.2, 0.25) is 0 Å². The summed E-state index contributed by atoms with van der Waals surface area (Å²) < 4.78 is 7.07. The molecular weight excluding hydrogens is 452 g/mol. The second-order valence-electron chi connectivity index (χ2n) is 9.24. The van der Waals surface area contributed by atoms with Gasteiger partial charge in [0.1, 0.15) is 5.75 Å². The third-order valence-electron chi connectivity index (χ3n) is 7.20. The molecule has 8 heteroatoms. The minimum absolute atomic E-state index is 0.00172. The number of carbonyl (C=O) groups excluding carboxylic acids is 1. The summed E-state index contributed by atoms with van der Waals surface area (Å²) in [5.41, 5.74) is 6.88. The van der Waals surface area contributed by atoms with Crippen molar-refractivity contribution in [1.82, 2.24) is 24.6 Å². The lowest BCUT2D eigenvalue weighted by Crippen LogP contribution is -2.48. The number of benzene rings is 2. The molecule has 2 aliphatic rings. The van der Waals surface area contributed by atoms with E-state index in [-0.39, 0.29) is 5.91 Å². The molecule has 2 aromatic heterocycles. The van der Waals surface area contributed by atoms with Gasteiger partial charge in [-0.15, -0.1) is 0 Å². The molecule has 0 bridgehead atoms. The normalized spacial score (nSPS) is 14.8. The van der Waals surface area contributed by atoms with Crippen molar-refractivity contribution in [3.8, 4) is 23.0 Å². The van der Waals surface area contributed by atoms with Crippen LogP contribution >= 0.6 is 0 Å². The first-order valence-corrected chi connectivity index (χ1v) is 12.3. The maximum atomic E-state index is 13.4. The van der Waals surface area contributed by atoms with Crippen molar-refractivity contribution in [2.24, 2.45) is 0 Å². The van der Waals surface area contributed by atoms with Gasteiger partial charge >= 0.3 is 0 Å². The van der Waals surface area contributed by atoms with Crippen LogP contribution in [0.5, 0.6) is 5.75 Å². The van der Waals surface area contributed by atoms with Gasteiger partial charge in [0, 0.05) is 43.6 Å². The number of amides is 1. The Morgan fingerprint density at radius 2 is 1.72 bits per heavy atom. The van der Waals surface area contributed by atoms with Gasteiger partial charge in [0.15, 0.2) is 0 Å². The third kappa shape index (κ3) is 3.88. The molecule has 0 spiro atoms. The van der Waals surface area contributed by atoms with Crippen molar-refractivity contribution < 1.29 is 9.53 Å². The highest BCUT2D eigenvalue weighted by molar-refractivity contribution is 5.95. The average molecular weight is 481 g/mol. The summed E-state index contributed by atoms with van der Waals surface area (Å²) in [6.07, 6.45) is 5.34. The third-order valence-corrected chi connectivity index (χ3v) is 7.20. The molecule has 1 amide bonds. The van der Waals surface area contributed by atoms with Gasteiger partial charge in [-0.25, -0.2) is 14.6 Å². The van der Waals surface area contributed by atoms with Crippen LogP contribution in [0.25, 0.3) is 17.2 Å². The van der Waals surface area contributed by atoms with Crippen molar-refractivity contribution in [3.63, 3.8) is 0 Å². The molecule has 2 aromatic carbocycles. The Kier molecular flexibility index (Phi) is 5.64. The molecule has 3 heterocycles. The first-order chi connectivity index (χ1) is 17.6. The zero-order valence-corrected chi connectivity index (χ0v) is 20.5. The van der Waals surface area contributed by atoms with E-state index in [1.165, 1.54) is 11.3 Å². The summed E-state index contributed by atoms with van der Waals surface area (Å²) in [5, 5.41) is 4.51. The van der Waals surface area contributed by atoms with Crippen molar-refractivity contribution in [3.05, 3.63) is 83.3 Å². The molecule has 1 saturated heterocycles. The SMILES string of the molecule is COc1ccc2c(c1)CCc1cnc(-n3ncc(C(=O)N4CCN(c5ccccc5)CC4)c3C)nc1-2. The summed E-state index contributed by atoms with van der Waals surface area (Å²) in [7, 11) is 1.68. The molecule has 1 aliphatic carbocycles. The minimum Gasteiger partial charge on any atom is -0.497 e. The summed E-state index contributed by atoms with van der Waals surface area (Å²) >= 11 is 0. The lowest BCUT2D eigenvalue weighted by atomic mass is 9.90. The molecule has 0 atom stereocenters. The fraction of sp³-hybridized carbons (Fsp3) is 0.286. The number of rotatable bonds is 4. The number of piperazine rings is 1. The molecule has 1 fully saturated rings. The lowest BCUT2D eigenvalue weighted by Gasteiger charge is -2.36. The second kappa shape index (κ2) is 9.11. The van der Waals surface area contributed by atoms with Gasteiger partial charge in [-0.05, 0) is 61.2 Å². The Hall–Kier alpha value is -4.20. The summed E-state index contributed by atoms with van der Waals surface area (Å²) in [6.45, 7) is 4.87. The van der Waals surface area contributed by atoms with Gasteiger partial charge in [0.05, 0.1) is 30.3 Å². The maximum absolute atomic E-state index is 13.4. The highest BCUT2D eigenvalue weighted by Gasteiger charge is 2.26. The van der Waals surface area contributed by atoms with E-state index >= 15 is 0 Å². The molecule has 0 N–H and O–H groups in total. The molecule has 182 valence electrons. The monoisotopic (exact) mass is 480 g/mol. The Bertz CT molecular complexity index is 1420. The lowest BCUT2D eigenvalue weighted by molar-refractivity contribution is 0.0746. The topological polar surface area (TPSA) is 76.4 Å². The fourth-order valence-corrected chi connectivity index (χ4v) is 5.12. The molecule has 8 nitrogen and oxygen atoms in total. The van der Waals surface area contributed by atoms with E-state index in [9.17, 15) is 4.79 Å². The van der Waals surface area contributed by atoms with E-state index in [0.717, 1.165) is 54.2 Å². The molecule has 36 heavy (non-hydrogen) atoms. The van der Waals surface area contributed by atoms with E-state index in [0.29, 0.717) is 24.6 Å². The number of aryl methyl sites for hydroxylation is 2. The Morgan fingerprint density at radius 1 is 0.944 bits per heavy atom. The zero-order valence-electron chi connectivity index (χ0n) is 20.5. The number of carbonyl (C=O) groups is 1. The molecule has 0 radical (unpaired) electrons. The fourth-order valence-electron chi connectivity index (χ4n) is 5.12. The largest absolute Gasteiger partial charge is 0.497 e. The number of nitrogens with zero attached hydrogens (tertiary/aromatic N) is 6. The highest BCUT2D eigenvalue weighted by Crippen LogP contribution is 2.34. The Labute approximate surface area is 210 Å². The van der Waals surface area contributed by atoms with Crippen LogP contribution in [-0.4, -0.2) is 63.8 Å². The number of para-hydroxylation sites is 1. The molecule has 4 aromatic rings. The first kappa shape index (κ1) is 22.3. The van der Waals surface area contributed by atoms with E-state index in [1.54, 1.807) is 18.0 Å². The van der Waals surface area contributed by atoms with Crippen LogP contribution in [0.3, 0.4) is 0 Å². The number of ether oxygens (including phenoxy) is 1. The van der Waals surface area contributed by atoms with Crippen molar-refractivity contribution in [2.45, 2.75) is 19.8 Å². The number of hydrogen-bond acceptors (Lipinski definition) is 6. The summed E-state index contributed by atoms with van der Waals surface area (Å²) in [4.78, 5) is 27.1. The molecular formula is C28H28N6O2. The predicted molar refractivity (Wildman–Crippen MR) is 138 cm³/mol. The zero-order chi connectivity index (χ0) is 24.6. The Morgan fingerprint density at radius 3 is 2.50 bits per heavy atom. The van der Waals surface area contributed by atoms with E-state index in [1.807, 2.05) is 42.3 Å². The van der Waals surface area contributed by atoms with Gasteiger partial charge in [-0.2, -0.15) is 5.10 Å². The van der Waals surface area contributed by atoms with Gasteiger partial charge in [0.25, 0.3) is 11.9 Å². The molecule has 0 saturated carbocycles. The minimum atomic E-state index is 0.00172. The van der Waals surface area contributed by atoms with Crippen molar-refractivity contribution in [1.29, 1.82) is 0 Å². The number of aromatic nitrogens is 4. The van der Waals surface area contributed by atoms with Crippen molar-refractivity contribution in [2.75, 3.05) is 38.2 Å².